The van der Waals surface area contributed by atoms with E-state index >= 15 is 0 Å². The summed E-state index contributed by atoms with van der Waals surface area (Å²) in [6.45, 7) is 5.97. The van der Waals surface area contributed by atoms with Crippen molar-refractivity contribution in [3.63, 3.8) is 0 Å². The lowest BCUT2D eigenvalue weighted by molar-refractivity contribution is -0.137. The third-order valence-corrected chi connectivity index (χ3v) is 5.07. The van der Waals surface area contributed by atoms with Crippen LogP contribution in [0.2, 0.25) is 0 Å². The van der Waals surface area contributed by atoms with Gasteiger partial charge in [-0.25, -0.2) is 4.39 Å². The minimum absolute atomic E-state index is 0.0123. The van der Waals surface area contributed by atoms with Gasteiger partial charge in [0.15, 0.2) is 0 Å². The Balaban J connectivity index is 2.52. The van der Waals surface area contributed by atoms with Crippen molar-refractivity contribution in [3.8, 4) is 0 Å². The first kappa shape index (κ1) is 22.6. The number of rotatable bonds is 13. The molecule has 1 rings (SSSR count). The number of carbonyl (C=O) groups excluding carboxylic acids is 1. The van der Waals surface area contributed by atoms with Crippen LogP contribution in [-0.2, 0) is 9.59 Å². The summed E-state index contributed by atoms with van der Waals surface area (Å²) in [7, 11) is 0. The summed E-state index contributed by atoms with van der Waals surface area (Å²) in [6, 6.07) is 0. The number of allylic oxidation sites excluding steroid dienone is 3. The molecule has 0 amide bonds. The summed E-state index contributed by atoms with van der Waals surface area (Å²) >= 11 is 0. The van der Waals surface area contributed by atoms with Crippen molar-refractivity contribution in [1.29, 1.82) is 0 Å². The summed E-state index contributed by atoms with van der Waals surface area (Å²) in [5, 5.41) is 18.6. The molecule has 1 aliphatic rings. The van der Waals surface area contributed by atoms with Gasteiger partial charge in [0.2, 0.25) is 0 Å². The van der Waals surface area contributed by atoms with E-state index in [0.717, 1.165) is 19.3 Å². The minimum Gasteiger partial charge on any atom is -0.481 e. The van der Waals surface area contributed by atoms with E-state index in [1.54, 1.807) is 0 Å². The molecule has 0 heterocycles. The fourth-order valence-corrected chi connectivity index (χ4v) is 3.63. The van der Waals surface area contributed by atoms with E-state index in [2.05, 4.69) is 13.5 Å². The number of halogens is 1. The SMILES string of the molecule is C=C1CC(=O)C(C/C=C\CCCC(=O)O)[C@H]1[C@H](F)C[C@@H](O)CCCCC. The number of hydrogen-bond acceptors (Lipinski definition) is 3. The lowest BCUT2D eigenvalue weighted by Gasteiger charge is -2.24. The molecule has 0 saturated heterocycles. The van der Waals surface area contributed by atoms with Gasteiger partial charge < -0.3 is 10.2 Å². The van der Waals surface area contributed by atoms with Crippen molar-refractivity contribution in [2.75, 3.05) is 0 Å². The maximum atomic E-state index is 14.8. The largest absolute Gasteiger partial charge is 0.481 e. The quantitative estimate of drug-likeness (QED) is 0.367. The molecule has 5 heteroatoms. The molecular weight excluding hydrogens is 335 g/mol. The Hall–Kier alpha value is -1.49. The molecule has 1 fully saturated rings. The molecule has 1 unspecified atom stereocenters. The van der Waals surface area contributed by atoms with E-state index in [-0.39, 0.29) is 25.0 Å². The number of hydrogen-bond donors (Lipinski definition) is 2. The summed E-state index contributed by atoms with van der Waals surface area (Å²) in [6.07, 6.45) is 7.37. The number of unbranched alkanes of at least 4 members (excludes halogenated alkanes) is 3. The Morgan fingerprint density at radius 3 is 2.73 bits per heavy atom. The predicted octanol–water partition coefficient (Wildman–Crippen LogP) is 4.62. The first-order valence-electron chi connectivity index (χ1n) is 9.76. The number of ketones is 1. The number of aliphatic hydroxyl groups excluding tert-OH is 1. The summed E-state index contributed by atoms with van der Waals surface area (Å²) in [4.78, 5) is 22.7. The van der Waals surface area contributed by atoms with Crippen molar-refractivity contribution < 1.29 is 24.2 Å². The zero-order valence-electron chi connectivity index (χ0n) is 15.8. The maximum Gasteiger partial charge on any atom is 0.303 e. The molecule has 1 aliphatic carbocycles. The zero-order chi connectivity index (χ0) is 19.5. The number of aliphatic carboxylic acids is 1. The van der Waals surface area contributed by atoms with Gasteiger partial charge in [0.1, 0.15) is 12.0 Å². The van der Waals surface area contributed by atoms with Crippen LogP contribution in [0.1, 0.15) is 71.1 Å². The molecular formula is C21H33FO4. The van der Waals surface area contributed by atoms with Crippen molar-refractivity contribution >= 4 is 11.8 Å². The molecule has 4 atom stereocenters. The fraction of sp³-hybridized carbons (Fsp3) is 0.714. The maximum absolute atomic E-state index is 14.8. The Labute approximate surface area is 156 Å². The van der Waals surface area contributed by atoms with E-state index in [0.29, 0.717) is 31.3 Å². The number of aliphatic hydroxyl groups is 1. The molecule has 1 saturated carbocycles. The van der Waals surface area contributed by atoms with E-state index in [1.807, 2.05) is 12.2 Å². The number of Topliss-reactive ketones (excluding diaryl/α,β-unsaturated/α-hetero) is 1. The number of alkyl halides is 1. The second-order valence-corrected chi connectivity index (χ2v) is 7.33. The highest BCUT2D eigenvalue weighted by Crippen LogP contribution is 2.40. The van der Waals surface area contributed by atoms with Gasteiger partial charge in [-0.05, 0) is 25.7 Å². The molecule has 0 aromatic rings. The Morgan fingerprint density at radius 1 is 1.35 bits per heavy atom. The molecule has 0 spiro atoms. The lowest BCUT2D eigenvalue weighted by Crippen LogP contribution is -2.27. The monoisotopic (exact) mass is 368 g/mol. The zero-order valence-corrected chi connectivity index (χ0v) is 15.8. The summed E-state index contributed by atoms with van der Waals surface area (Å²) in [5.74, 6) is -1.75. The lowest BCUT2D eigenvalue weighted by atomic mass is 9.84. The van der Waals surface area contributed by atoms with Crippen LogP contribution in [0.5, 0.6) is 0 Å². The highest BCUT2D eigenvalue weighted by atomic mass is 19.1. The second kappa shape index (κ2) is 12.0. The number of carbonyl (C=O) groups is 2. The molecule has 26 heavy (non-hydrogen) atoms. The molecule has 4 nitrogen and oxygen atoms in total. The number of carboxylic acids is 1. The van der Waals surface area contributed by atoms with Gasteiger partial charge in [-0.2, -0.15) is 0 Å². The van der Waals surface area contributed by atoms with E-state index in [4.69, 9.17) is 5.11 Å². The standard InChI is InChI=1S/C21H33FO4/c1-3-4-7-10-16(23)14-18(22)21-15(2)13-19(24)17(21)11-8-5-6-9-12-20(25)26/h5,8,16-18,21,23H,2-4,6-7,9-14H2,1H3,(H,25,26)/b8-5-/t16-,17?,18+,21-/m0/s1. The van der Waals surface area contributed by atoms with Crippen LogP contribution in [0.3, 0.4) is 0 Å². The van der Waals surface area contributed by atoms with Crippen LogP contribution in [0.25, 0.3) is 0 Å². The van der Waals surface area contributed by atoms with Gasteiger partial charge in [-0.1, -0.05) is 50.5 Å². The number of carboxylic acid groups (broad SMARTS) is 1. The molecule has 0 radical (unpaired) electrons. The van der Waals surface area contributed by atoms with Crippen LogP contribution in [0.4, 0.5) is 4.39 Å². The van der Waals surface area contributed by atoms with Gasteiger partial charge in [0.05, 0.1) is 6.10 Å². The first-order chi connectivity index (χ1) is 12.4. The van der Waals surface area contributed by atoms with Gasteiger partial charge in [-0.15, -0.1) is 0 Å². The molecule has 0 aromatic heterocycles. The molecule has 2 N–H and O–H groups in total. The van der Waals surface area contributed by atoms with Gasteiger partial charge in [0.25, 0.3) is 0 Å². The smallest absolute Gasteiger partial charge is 0.303 e. The van der Waals surface area contributed by atoms with Crippen molar-refractivity contribution in [3.05, 3.63) is 24.3 Å². The average molecular weight is 368 g/mol. The topological polar surface area (TPSA) is 74.6 Å². The third kappa shape index (κ3) is 7.81. The van der Waals surface area contributed by atoms with Crippen LogP contribution in [0.15, 0.2) is 24.3 Å². The van der Waals surface area contributed by atoms with E-state index in [1.165, 1.54) is 0 Å². The predicted molar refractivity (Wildman–Crippen MR) is 101 cm³/mol. The van der Waals surface area contributed by atoms with Gasteiger partial charge >= 0.3 is 5.97 Å². The van der Waals surface area contributed by atoms with Gasteiger partial charge in [0, 0.05) is 31.1 Å². The second-order valence-electron chi connectivity index (χ2n) is 7.33. The highest BCUT2D eigenvalue weighted by molar-refractivity contribution is 5.87. The summed E-state index contributed by atoms with van der Waals surface area (Å²) < 4.78 is 14.8. The minimum atomic E-state index is -1.25. The van der Waals surface area contributed by atoms with E-state index in [9.17, 15) is 19.1 Å². The van der Waals surface area contributed by atoms with Crippen LogP contribution >= 0.6 is 0 Å². The first-order valence-corrected chi connectivity index (χ1v) is 9.76. The molecule has 0 bridgehead atoms. The average Bonchev–Trinajstić information content (AvgIpc) is 2.84. The highest BCUT2D eigenvalue weighted by Gasteiger charge is 2.41. The molecule has 0 aliphatic heterocycles. The Morgan fingerprint density at radius 2 is 2.08 bits per heavy atom. The Kier molecular flexibility index (Phi) is 10.4. The van der Waals surface area contributed by atoms with Crippen LogP contribution < -0.4 is 0 Å². The van der Waals surface area contributed by atoms with Crippen LogP contribution in [0, 0.1) is 11.8 Å². The van der Waals surface area contributed by atoms with Crippen LogP contribution in [-0.4, -0.2) is 34.2 Å². The normalized spacial score (nSPS) is 22.9. The molecule has 148 valence electrons. The molecule has 0 aromatic carbocycles. The van der Waals surface area contributed by atoms with Crippen molar-refractivity contribution in [2.24, 2.45) is 11.8 Å². The Bertz CT molecular complexity index is 500. The fourth-order valence-electron chi connectivity index (χ4n) is 3.63. The van der Waals surface area contributed by atoms with E-state index < -0.39 is 30.1 Å². The van der Waals surface area contributed by atoms with Crippen molar-refractivity contribution in [1.82, 2.24) is 0 Å². The van der Waals surface area contributed by atoms with Gasteiger partial charge in [-0.3, -0.25) is 9.59 Å². The third-order valence-electron chi connectivity index (χ3n) is 5.07. The summed E-state index contributed by atoms with van der Waals surface area (Å²) in [5.41, 5.74) is 0.632. The van der Waals surface area contributed by atoms with Crippen molar-refractivity contribution in [2.45, 2.75) is 83.4 Å².